The highest BCUT2D eigenvalue weighted by Crippen LogP contribution is 2.33. The van der Waals surface area contributed by atoms with Crippen LogP contribution in [0.4, 0.5) is 5.82 Å². The molecular formula is C25H28N6O2. The van der Waals surface area contributed by atoms with E-state index in [0.717, 1.165) is 47.9 Å². The number of hydrogen-bond acceptors (Lipinski definition) is 5. The van der Waals surface area contributed by atoms with Crippen LogP contribution in [0.2, 0.25) is 0 Å². The second kappa shape index (κ2) is 8.77. The molecule has 0 aliphatic carbocycles. The van der Waals surface area contributed by atoms with Crippen molar-refractivity contribution in [1.82, 2.24) is 25.1 Å². The highest BCUT2D eigenvalue weighted by molar-refractivity contribution is 6.00. The van der Waals surface area contributed by atoms with Gasteiger partial charge in [0.1, 0.15) is 11.6 Å². The van der Waals surface area contributed by atoms with Crippen molar-refractivity contribution in [3.63, 3.8) is 0 Å². The molecule has 0 bridgehead atoms. The van der Waals surface area contributed by atoms with Crippen molar-refractivity contribution in [3.8, 4) is 0 Å². The molecule has 1 saturated heterocycles. The Hall–Kier alpha value is -3.55. The Morgan fingerprint density at radius 3 is 2.76 bits per heavy atom. The zero-order valence-corrected chi connectivity index (χ0v) is 19.0. The van der Waals surface area contributed by atoms with Crippen molar-refractivity contribution in [2.24, 2.45) is 0 Å². The molecule has 5 rings (SSSR count). The largest absolute Gasteiger partial charge is 0.338 e. The van der Waals surface area contributed by atoms with E-state index in [1.54, 1.807) is 11.1 Å². The summed E-state index contributed by atoms with van der Waals surface area (Å²) in [4.78, 5) is 39.1. The predicted octanol–water partition coefficient (Wildman–Crippen LogP) is 2.97. The SMILES string of the molecule is Cc1nc([C@@H]2CCCN(C(=O)c3cn[nH]c3C)C2)nc2c1CC(=O)N2CCc1ccccc1. The molecule has 2 amide bonds. The molecule has 2 aliphatic heterocycles. The maximum absolute atomic E-state index is 13.0. The number of anilines is 1. The van der Waals surface area contributed by atoms with Gasteiger partial charge in [0, 0.05) is 42.5 Å². The fourth-order valence-corrected chi connectivity index (χ4v) is 4.80. The Bertz CT molecular complexity index is 1190. The standard InChI is InChI=1S/C25H28N6O2/c1-16-20-13-22(32)31(12-10-18-7-4-3-5-8-18)24(20)28-23(27-16)19-9-6-11-30(15-19)25(33)21-14-26-29-17(21)2/h3-5,7-8,14,19H,6,9-13,15H2,1-2H3,(H,26,29)/t19-/m1/s1. The van der Waals surface area contributed by atoms with Crippen LogP contribution in [-0.4, -0.2) is 56.5 Å². The van der Waals surface area contributed by atoms with Gasteiger partial charge in [0.2, 0.25) is 5.91 Å². The molecule has 1 atom stereocenters. The second-order valence-corrected chi connectivity index (χ2v) is 8.93. The fourth-order valence-electron chi connectivity index (χ4n) is 4.80. The molecule has 4 heterocycles. The summed E-state index contributed by atoms with van der Waals surface area (Å²) in [5.74, 6) is 1.58. The number of likely N-dealkylation sites (tertiary alicyclic amines) is 1. The molecular weight excluding hydrogens is 416 g/mol. The van der Waals surface area contributed by atoms with E-state index in [0.29, 0.717) is 31.6 Å². The monoisotopic (exact) mass is 444 g/mol. The lowest BCUT2D eigenvalue weighted by molar-refractivity contribution is -0.117. The summed E-state index contributed by atoms with van der Waals surface area (Å²) in [6.07, 6.45) is 4.53. The highest BCUT2D eigenvalue weighted by atomic mass is 16.2. The van der Waals surface area contributed by atoms with Crippen molar-refractivity contribution in [2.75, 3.05) is 24.5 Å². The normalized spacial score (nSPS) is 18.0. The van der Waals surface area contributed by atoms with Crippen molar-refractivity contribution >= 4 is 17.6 Å². The number of aromatic nitrogens is 4. The van der Waals surface area contributed by atoms with Crippen LogP contribution in [0.25, 0.3) is 0 Å². The van der Waals surface area contributed by atoms with Crippen LogP contribution >= 0.6 is 0 Å². The lowest BCUT2D eigenvalue weighted by Gasteiger charge is -2.32. The van der Waals surface area contributed by atoms with Crippen LogP contribution in [0.15, 0.2) is 36.5 Å². The lowest BCUT2D eigenvalue weighted by Crippen LogP contribution is -2.39. The van der Waals surface area contributed by atoms with Gasteiger partial charge in [-0.05, 0) is 38.7 Å². The third-order valence-electron chi connectivity index (χ3n) is 6.70. The number of amides is 2. The minimum absolute atomic E-state index is 0.0107. The van der Waals surface area contributed by atoms with Gasteiger partial charge in [0.05, 0.1) is 18.2 Å². The Morgan fingerprint density at radius 2 is 2.00 bits per heavy atom. The van der Waals surface area contributed by atoms with Crippen molar-refractivity contribution in [1.29, 1.82) is 0 Å². The van der Waals surface area contributed by atoms with Gasteiger partial charge >= 0.3 is 0 Å². The van der Waals surface area contributed by atoms with E-state index in [-0.39, 0.29) is 17.7 Å². The molecule has 0 radical (unpaired) electrons. The van der Waals surface area contributed by atoms with E-state index in [1.165, 1.54) is 5.56 Å². The number of rotatable bonds is 5. The van der Waals surface area contributed by atoms with Gasteiger partial charge in [-0.2, -0.15) is 5.10 Å². The Labute approximate surface area is 193 Å². The van der Waals surface area contributed by atoms with Gasteiger partial charge in [-0.1, -0.05) is 30.3 Å². The van der Waals surface area contributed by atoms with E-state index < -0.39 is 0 Å². The first-order chi connectivity index (χ1) is 16.0. The number of carbonyl (C=O) groups is 2. The molecule has 2 aliphatic rings. The molecule has 3 aromatic rings. The van der Waals surface area contributed by atoms with Crippen molar-refractivity contribution < 1.29 is 9.59 Å². The Morgan fingerprint density at radius 1 is 1.18 bits per heavy atom. The van der Waals surface area contributed by atoms with Gasteiger partial charge in [-0.25, -0.2) is 9.97 Å². The molecule has 1 N–H and O–H groups in total. The summed E-state index contributed by atoms with van der Waals surface area (Å²) in [6, 6.07) is 10.2. The first kappa shape index (κ1) is 21.3. The number of piperidine rings is 1. The third kappa shape index (κ3) is 4.13. The Balaban J connectivity index is 1.37. The number of aryl methyl sites for hydroxylation is 2. The van der Waals surface area contributed by atoms with Crippen molar-refractivity contribution in [3.05, 3.63) is 70.4 Å². The minimum atomic E-state index is -0.0107. The number of carbonyl (C=O) groups excluding carboxylic acids is 2. The number of benzene rings is 1. The maximum atomic E-state index is 13.0. The predicted molar refractivity (Wildman–Crippen MR) is 124 cm³/mol. The number of nitrogens with one attached hydrogen (secondary N) is 1. The van der Waals surface area contributed by atoms with Gasteiger partial charge < -0.3 is 4.90 Å². The molecule has 1 fully saturated rings. The van der Waals surface area contributed by atoms with Crippen LogP contribution in [-0.2, 0) is 17.6 Å². The molecule has 0 spiro atoms. The van der Waals surface area contributed by atoms with Crippen LogP contribution in [0, 0.1) is 13.8 Å². The maximum Gasteiger partial charge on any atom is 0.257 e. The van der Waals surface area contributed by atoms with E-state index in [1.807, 2.05) is 36.9 Å². The molecule has 170 valence electrons. The molecule has 0 saturated carbocycles. The first-order valence-corrected chi connectivity index (χ1v) is 11.5. The molecule has 33 heavy (non-hydrogen) atoms. The van der Waals surface area contributed by atoms with Gasteiger partial charge in [0.25, 0.3) is 5.91 Å². The highest BCUT2D eigenvalue weighted by Gasteiger charge is 2.34. The molecule has 8 nitrogen and oxygen atoms in total. The lowest BCUT2D eigenvalue weighted by atomic mass is 9.96. The number of hydrogen-bond donors (Lipinski definition) is 1. The zero-order valence-electron chi connectivity index (χ0n) is 19.0. The van der Waals surface area contributed by atoms with Gasteiger partial charge in [0.15, 0.2) is 0 Å². The topological polar surface area (TPSA) is 95.1 Å². The zero-order chi connectivity index (χ0) is 22.9. The van der Waals surface area contributed by atoms with E-state index >= 15 is 0 Å². The van der Waals surface area contributed by atoms with Gasteiger partial charge in [-0.15, -0.1) is 0 Å². The summed E-state index contributed by atoms with van der Waals surface area (Å²) >= 11 is 0. The quantitative estimate of drug-likeness (QED) is 0.653. The first-order valence-electron chi connectivity index (χ1n) is 11.5. The Kier molecular flexibility index (Phi) is 5.66. The smallest absolute Gasteiger partial charge is 0.257 e. The summed E-state index contributed by atoms with van der Waals surface area (Å²) in [6.45, 7) is 5.69. The second-order valence-electron chi connectivity index (χ2n) is 8.93. The van der Waals surface area contributed by atoms with Crippen LogP contribution in [0.1, 0.15) is 57.5 Å². The van der Waals surface area contributed by atoms with Crippen molar-refractivity contribution in [2.45, 2.75) is 45.4 Å². The summed E-state index contributed by atoms with van der Waals surface area (Å²) in [5, 5.41) is 6.83. The average molecular weight is 445 g/mol. The molecule has 8 heteroatoms. The van der Waals surface area contributed by atoms with E-state index in [9.17, 15) is 9.59 Å². The van der Waals surface area contributed by atoms with E-state index in [4.69, 9.17) is 9.97 Å². The minimum Gasteiger partial charge on any atom is -0.338 e. The average Bonchev–Trinajstić information content (AvgIpc) is 3.40. The summed E-state index contributed by atoms with van der Waals surface area (Å²) in [5.41, 5.74) is 4.37. The van der Waals surface area contributed by atoms with Crippen LogP contribution in [0.3, 0.4) is 0 Å². The number of H-pyrrole nitrogens is 1. The molecule has 0 unspecified atom stereocenters. The van der Waals surface area contributed by atoms with E-state index in [2.05, 4.69) is 22.3 Å². The molecule has 1 aromatic carbocycles. The fraction of sp³-hybridized carbons (Fsp3) is 0.400. The number of aromatic amines is 1. The van der Waals surface area contributed by atoms with Crippen LogP contribution < -0.4 is 4.90 Å². The summed E-state index contributed by atoms with van der Waals surface area (Å²) < 4.78 is 0. The number of nitrogens with zero attached hydrogens (tertiary/aromatic N) is 5. The summed E-state index contributed by atoms with van der Waals surface area (Å²) in [7, 11) is 0. The van der Waals surface area contributed by atoms with Gasteiger partial charge in [-0.3, -0.25) is 19.6 Å². The van der Waals surface area contributed by atoms with Crippen LogP contribution in [0.5, 0.6) is 0 Å². The number of fused-ring (bicyclic) bond motifs is 1. The molecule has 2 aromatic heterocycles. The third-order valence-corrected chi connectivity index (χ3v) is 6.70.